The Labute approximate surface area is 124 Å². The lowest BCUT2D eigenvalue weighted by Crippen LogP contribution is -2.50. The third-order valence-electron chi connectivity index (χ3n) is 4.19. The molecule has 2 fully saturated rings. The highest BCUT2D eigenvalue weighted by atomic mass is 35.5. The summed E-state index contributed by atoms with van der Waals surface area (Å²) in [6.07, 6.45) is 0.976. The van der Waals surface area contributed by atoms with Gasteiger partial charge < -0.3 is 15.1 Å². The fourth-order valence-corrected chi connectivity index (χ4v) is 3.25. The number of nitrogens with one attached hydrogen (secondary N) is 1. The smallest absolute Gasteiger partial charge is 0.227 e. The third-order valence-corrected chi connectivity index (χ3v) is 4.51. The van der Waals surface area contributed by atoms with Gasteiger partial charge in [-0.25, -0.2) is 0 Å². The minimum absolute atomic E-state index is 0.182. The Morgan fingerprint density at radius 1 is 1.20 bits per heavy atom. The summed E-state index contributed by atoms with van der Waals surface area (Å²) in [7, 11) is 0. The lowest BCUT2D eigenvalue weighted by Gasteiger charge is -2.37. The molecule has 20 heavy (non-hydrogen) atoms. The predicted molar refractivity (Wildman–Crippen MR) is 81.2 cm³/mol. The van der Waals surface area contributed by atoms with Crippen molar-refractivity contribution >= 4 is 23.2 Å². The van der Waals surface area contributed by atoms with Crippen molar-refractivity contribution in [2.45, 2.75) is 6.42 Å². The fourth-order valence-electron chi connectivity index (χ4n) is 3.00. The number of nitrogens with zero attached hydrogens (tertiary/aromatic N) is 2. The number of piperazine rings is 1. The number of carbonyl (C=O) groups is 1. The predicted octanol–water partition coefficient (Wildman–Crippen LogP) is 1.60. The van der Waals surface area contributed by atoms with Crippen LogP contribution in [0.25, 0.3) is 0 Å². The minimum Gasteiger partial charge on any atom is -0.367 e. The lowest BCUT2D eigenvalue weighted by atomic mass is 10.1. The molecule has 4 nitrogen and oxygen atoms in total. The van der Waals surface area contributed by atoms with Crippen LogP contribution in [0.3, 0.4) is 0 Å². The summed E-state index contributed by atoms with van der Waals surface area (Å²) < 4.78 is 0. The molecule has 108 valence electrons. The highest BCUT2D eigenvalue weighted by Gasteiger charge is 2.29. The summed E-state index contributed by atoms with van der Waals surface area (Å²) in [5.41, 5.74) is 1.07. The Bertz CT molecular complexity index is 480. The molecule has 3 rings (SSSR count). The number of para-hydroxylation sites is 1. The number of hydrogen-bond acceptors (Lipinski definition) is 3. The van der Waals surface area contributed by atoms with E-state index in [2.05, 4.69) is 10.2 Å². The number of hydrogen-bond donors (Lipinski definition) is 1. The highest BCUT2D eigenvalue weighted by molar-refractivity contribution is 6.33. The number of amides is 1. The van der Waals surface area contributed by atoms with E-state index in [9.17, 15) is 4.79 Å². The molecule has 0 aromatic heterocycles. The van der Waals surface area contributed by atoms with E-state index in [1.165, 1.54) is 0 Å². The zero-order valence-electron chi connectivity index (χ0n) is 11.5. The van der Waals surface area contributed by atoms with Crippen LogP contribution >= 0.6 is 11.6 Å². The Morgan fingerprint density at radius 3 is 2.60 bits per heavy atom. The van der Waals surface area contributed by atoms with Crippen molar-refractivity contribution in [3.8, 4) is 0 Å². The maximum atomic E-state index is 12.4. The lowest BCUT2D eigenvalue weighted by molar-refractivity contribution is -0.135. The average Bonchev–Trinajstić information content (AvgIpc) is 3.01. The molecule has 1 amide bonds. The Kier molecular flexibility index (Phi) is 4.13. The largest absolute Gasteiger partial charge is 0.367 e. The maximum Gasteiger partial charge on any atom is 0.227 e. The first-order valence-electron chi connectivity index (χ1n) is 7.24. The Morgan fingerprint density at radius 2 is 1.95 bits per heavy atom. The van der Waals surface area contributed by atoms with Gasteiger partial charge in [0.05, 0.1) is 16.6 Å². The zero-order chi connectivity index (χ0) is 13.9. The molecule has 1 aromatic rings. The Balaban J connectivity index is 1.59. The van der Waals surface area contributed by atoms with Gasteiger partial charge in [-0.1, -0.05) is 23.7 Å². The fraction of sp³-hybridized carbons (Fsp3) is 0.533. The second-order valence-corrected chi connectivity index (χ2v) is 5.86. The Hall–Kier alpha value is -1.26. The summed E-state index contributed by atoms with van der Waals surface area (Å²) in [6, 6.07) is 7.90. The highest BCUT2D eigenvalue weighted by Crippen LogP contribution is 2.26. The number of benzene rings is 1. The van der Waals surface area contributed by atoms with Crippen molar-refractivity contribution in [2.24, 2.45) is 5.92 Å². The molecule has 0 saturated carbocycles. The molecule has 1 N–H and O–H groups in total. The average molecular weight is 294 g/mol. The van der Waals surface area contributed by atoms with Gasteiger partial charge in [0.15, 0.2) is 0 Å². The van der Waals surface area contributed by atoms with E-state index in [1.807, 2.05) is 29.2 Å². The summed E-state index contributed by atoms with van der Waals surface area (Å²) in [5.74, 6) is 0.496. The standard InChI is InChI=1S/C15H20ClN3O/c16-13-3-1-2-4-14(13)18-7-9-19(10-8-18)15(20)12-5-6-17-11-12/h1-4,12,17H,5-11H2. The van der Waals surface area contributed by atoms with Crippen molar-refractivity contribution in [3.05, 3.63) is 29.3 Å². The van der Waals surface area contributed by atoms with E-state index in [-0.39, 0.29) is 5.92 Å². The van der Waals surface area contributed by atoms with Gasteiger partial charge in [-0.3, -0.25) is 4.79 Å². The van der Waals surface area contributed by atoms with Crippen LogP contribution in [-0.2, 0) is 4.79 Å². The molecule has 2 saturated heterocycles. The maximum absolute atomic E-state index is 12.4. The summed E-state index contributed by atoms with van der Waals surface area (Å²) in [4.78, 5) is 16.6. The number of carbonyl (C=O) groups excluding carboxylic acids is 1. The van der Waals surface area contributed by atoms with Gasteiger partial charge in [-0.05, 0) is 25.1 Å². The van der Waals surface area contributed by atoms with Gasteiger partial charge in [0, 0.05) is 32.7 Å². The SMILES string of the molecule is O=C(C1CCNC1)N1CCN(c2ccccc2Cl)CC1. The molecule has 2 aliphatic rings. The monoisotopic (exact) mass is 293 g/mol. The summed E-state index contributed by atoms with van der Waals surface area (Å²) in [5, 5.41) is 4.04. The molecular formula is C15H20ClN3O. The van der Waals surface area contributed by atoms with Crippen LogP contribution in [0.5, 0.6) is 0 Å². The number of anilines is 1. The first kappa shape index (κ1) is 13.7. The van der Waals surface area contributed by atoms with Crippen molar-refractivity contribution in [3.63, 3.8) is 0 Å². The molecule has 0 spiro atoms. The van der Waals surface area contributed by atoms with Gasteiger partial charge in [-0.15, -0.1) is 0 Å². The van der Waals surface area contributed by atoms with E-state index in [1.54, 1.807) is 0 Å². The number of rotatable bonds is 2. The molecule has 0 radical (unpaired) electrons. The van der Waals surface area contributed by atoms with Crippen LogP contribution in [-0.4, -0.2) is 50.1 Å². The van der Waals surface area contributed by atoms with Crippen LogP contribution in [0.4, 0.5) is 5.69 Å². The van der Waals surface area contributed by atoms with Crippen molar-refractivity contribution in [1.82, 2.24) is 10.2 Å². The van der Waals surface area contributed by atoms with Gasteiger partial charge in [0.25, 0.3) is 0 Å². The van der Waals surface area contributed by atoms with Crippen LogP contribution < -0.4 is 10.2 Å². The molecule has 1 atom stereocenters. The van der Waals surface area contributed by atoms with E-state index in [0.717, 1.165) is 56.4 Å². The van der Waals surface area contributed by atoms with Gasteiger partial charge in [-0.2, -0.15) is 0 Å². The van der Waals surface area contributed by atoms with Gasteiger partial charge in [0.1, 0.15) is 0 Å². The van der Waals surface area contributed by atoms with E-state index < -0.39 is 0 Å². The number of halogens is 1. The second-order valence-electron chi connectivity index (χ2n) is 5.45. The van der Waals surface area contributed by atoms with Crippen LogP contribution in [0.15, 0.2) is 24.3 Å². The van der Waals surface area contributed by atoms with Crippen LogP contribution in [0.2, 0.25) is 5.02 Å². The topological polar surface area (TPSA) is 35.6 Å². The van der Waals surface area contributed by atoms with Crippen LogP contribution in [0.1, 0.15) is 6.42 Å². The molecule has 0 aliphatic carbocycles. The molecule has 1 unspecified atom stereocenters. The van der Waals surface area contributed by atoms with Crippen molar-refractivity contribution in [1.29, 1.82) is 0 Å². The minimum atomic E-state index is 0.182. The third kappa shape index (κ3) is 2.76. The summed E-state index contributed by atoms with van der Waals surface area (Å²) in [6.45, 7) is 5.10. The normalized spacial score (nSPS) is 23.1. The zero-order valence-corrected chi connectivity index (χ0v) is 12.3. The van der Waals surface area contributed by atoms with E-state index in [0.29, 0.717) is 5.91 Å². The first-order chi connectivity index (χ1) is 9.75. The summed E-state index contributed by atoms with van der Waals surface area (Å²) >= 11 is 6.23. The van der Waals surface area contributed by atoms with Gasteiger partial charge in [0.2, 0.25) is 5.91 Å². The molecule has 5 heteroatoms. The van der Waals surface area contributed by atoms with Crippen molar-refractivity contribution < 1.29 is 4.79 Å². The molecular weight excluding hydrogens is 274 g/mol. The van der Waals surface area contributed by atoms with Crippen LogP contribution in [0, 0.1) is 5.92 Å². The second kappa shape index (κ2) is 6.02. The molecule has 2 heterocycles. The van der Waals surface area contributed by atoms with E-state index >= 15 is 0 Å². The molecule has 2 aliphatic heterocycles. The van der Waals surface area contributed by atoms with E-state index in [4.69, 9.17) is 11.6 Å². The van der Waals surface area contributed by atoms with Crippen molar-refractivity contribution in [2.75, 3.05) is 44.2 Å². The molecule has 0 bridgehead atoms. The quantitative estimate of drug-likeness (QED) is 0.900. The molecule has 1 aromatic carbocycles. The van der Waals surface area contributed by atoms with Gasteiger partial charge >= 0.3 is 0 Å². The first-order valence-corrected chi connectivity index (χ1v) is 7.62.